The number of hydrogen-bond donors (Lipinski definition) is 3. The fourth-order valence-electron chi connectivity index (χ4n) is 6.14. The normalized spacial score (nSPS) is 20.1. The van der Waals surface area contributed by atoms with Gasteiger partial charge in [0.25, 0.3) is 0 Å². The Balaban J connectivity index is 1.13. The average molecular weight is 530 g/mol. The van der Waals surface area contributed by atoms with Crippen LogP contribution in [0, 0.1) is 5.92 Å². The van der Waals surface area contributed by atoms with Gasteiger partial charge in [0.15, 0.2) is 0 Å². The van der Waals surface area contributed by atoms with Crippen LogP contribution >= 0.6 is 0 Å². The Labute approximate surface area is 227 Å². The van der Waals surface area contributed by atoms with E-state index in [1.807, 2.05) is 52.4 Å². The summed E-state index contributed by atoms with van der Waals surface area (Å²) in [6.07, 6.45) is 3.65. The maximum Gasteiger partial charge on any atom is 0.322 e. The smallest absolute Gasteiger partial charge is 0.322 e. The second-order valence-corrected chi connectivity index (χ2v) is 11.3. The molecule has 2 aromatic carbocycles. The van der Waals surface area contributed by atoms with Gasteiger partial charge in [-0.15, -0.1) is 0 Å². The van der Waals surface area contributed by atoms with E-state index in [0.717, 1.165) is 33.3 Å². The van der Waals surface area contributed by atoms with Gasteiger partial charge in [-0.3, -0.25) is 9.89 Å². The molecule has 3 aliphatic rings. The molecule has 39 heavy (non-hydrogen) atoms. The molecule has 5 amide bonds. The van der Waals surface area contributed by atoms with Gasteiger partial charge in [-0.25, -0.2) is 9.59 Å². The topological polar surface area (TPSA) is 114 Å². The molecule has 6 rings (SSSR count). The first-order chi connectivity index (χ1) is 18.9. The van der Waals surface area contributed by atoms with Crippen molar-refractivity contribution in [2.45, 2.75) is 58.3 Å². The van der Waals surface area contributed by atoms with Crippen LogP contribution in [-0.4, -0.2) is 74.6 Å². The van der Waals surface area contributed by atoms with Crippen LogP contribution in [0.4, 0.5) is 15.3 Å². The minimum absolute atomic E-state index is 0.0524. The molecule has 10 nitrogen and oxygen atoms in total. The van der Waals surface area contributed by atoms with E-state index in [1.54, 1.807) is 4.90 Å². The molecule has 0 saturated carbocycles. The summed E-state index contributed by atoms with van der Waals surface area (Å²) in [6, 6.07) is 11.0. The lowest BCUT2D eigenvalue weighted by Crippen LogP contribution is -2.56. The Bertz CT molecular complexity index is 1410. The number of benzene rings is 2. The maximum absolute atomic E-state index is 13.7. The zero-order valence-corrected chi connectivity index (χ0v) is 22.4. The highest BCUT2D eigenvalue weighted by Crippen LogP contribution is 2.29. The second-order valence-electron chi connectivity index (χ2n) is 11.3. The van der Waals surface area contributed by atoms with E-state index < -0.39 is 6.04 Å². The Morgan fingerprint density at radius 3 is 2.67 bits per heavy atom. The number of nitrogens with zero attached hydrogens (tertiary/aromatic N) is 4. The van der Waals surface area contributed by atoms with Gasteiger partial charge in [0.05, 0.1) is 11.7 Å². The minimum atomic E-state index is -0.635. The van der Waals surface area contributed by atoms with E-state index >= 15 is 0 Å². The summed E-state index contributed by atoms with van der Waals surface area (Å²) in [5, 5.41) is 14.3. The number of carbonyl (C=O) groups is 3. The van der Waals surface area contributed by atoms with Crippen molar-refractivity contribution in [3.8, 4) is 0 Å². The van der Waals surface area contributed by atoms with Gasteiger partial charge in [0.1, 0.15) is 6.04 Å². The van der Waals surface area contributed by atoms with Gasteiger partial charge in [-0.2, -0.15) is 5.10 Å². The van der Waals surface area contributed by atoms with Crippen molar-refractivity contribution < 1.29 is 14.4 Å². The number of aromatic amines is 1. The molecule has 0 aliphatic carbocycles. The number of H-pyrrole nitrogens is 1. The lowest BCUT2D eigenvalue weighted by molar-refractivity contribution is -0.134. The van der Waals surface area contributed by atoms with Crippen LogP contribution in [0.15, 0.2) is 42.6 Å². The van der Waals surface area contributed by atoms with Crippen molar-refractivity contribution in [2.75, 3.05) is 25.0 Å². The molecule has 4 heterocycles. The molecule has 1 saturated heterocycles. The van der Waals surface area contributed by atoms with Crippen LogP contribution in [0.25, 0.3) is 10.9 Å². The van der Waals surface area contributed by atoms with E-state index in [1.165, 1.54) is 0 Å². The van der Waals surface area contributed by atoms with Crippen LogP contribution in [0.3, 0.4) is 0 Å². The third-order valence-corrected chi connectivity index (χ3v) is 8.15. The van der Waals surface area contributed by atoms with Gasteiger partial charge < -0.3 is 25.3 Å². The molecule has 0 spiro atoms. The summed E-state index contributed by atoms with van der Waals surface area (Å²) in [5.41, 5.74) is 5.06. The first-order valence-corrected chi connectivity index (χ1v) is 13.8. The number of nitrogens with one attached hydrogen (secondary N) is 3. The van der Waals surface area contributed by atoms with Gasteiger partial charge in [-0.05, 0) is 47.6 Å². The summed E-state index contributed by atoms with van der Waals surface area (Å²) < 4.78 is 0. The van der Waals surface area contributed by atoms with Gasteiger partial charge in [0, 0.05) is 56.3 Å². The average Bonchev–Trinajstić information content (AvgIpc) is 3.37. The van der Waals surface area contributed by atoms with Crippen molar-refractivity contribution in [3.63, 3.8) is 0 Å². The Kier molecular flexibility index (Phi) is 6.62. The molecule has 3 aliphatic heterocycles. The summed E-state index contributed by atoms with van der Waals surface area (Å²) in [5.74, 6) is 0.247. The standard InChI is InChI=1S/C29H35N7O3/c1-18(2)15-35-17-23-19(7-8-25-22(23)14-30-33-25)13-26(27(35)37)32-28(38)34-11-9-21(10-12-34)36-16-20-5-3-4-6-24(20)31-29(36)39/h3-8,14,18,21,26H,9-13,15-17H2,1-2H3,(H,30,33)(H,31,39)(H,32,38). The zero-order chi connectivity index (χ0) is 27.1. The molecule has 3 N–H and O–H groups in total. The quantitative estimate of drug-likeness (QED) is 0.478. The monoisotopic (exact) mass is 529 g/mol. The van der Waals surface area contributed by atoms with Crippen LogP contribution in [-0.2, 0) is 24.3 Å². The first kappa shape index (κ1) is 25.2. The van der Waals surface area contributed by atoms with Crippen LogP contribution < -0.4 is 10.6 Å². The number of anilines is 1. The van der Waals surface area contributed by atoms with E-state index in [-0.39, 0.29) is 24.0 Å². The highest BCUT2D eigenvalue weighted by atomic mass is 16.2. The van der Waals surface area contributed by atoms with Crippen molar-refractivity contribution in [1.82, 2.24) is 30.2 Å². The zero-order valence-electron chi connectivity index (χ0n) is 22.4. The van der Waals surface area contributed by atoms with E-state index in [0.29, 0.717) is 57.9 Å². The molecule has 1 unspecified atom stereocenters. The molecule has 1 fully saturated rings. The highest BCUT2D eigenvalue weighted by molar-refractivity contribution is 5.93. The van der Waals surface area contributed by atoms with Crippen LogP contribution in [0.5, 0.6) is 0 Å². The van der Waals surface area contributed by atoms with E-state index in [9.17, 15) is 14.4 Å². The number of carbonyl (C=O) groups excluding carboxylic acids is 3. The maximum atomic E-state index is 13.7. The summed E-state index contributed by atoms with van der Waals surface area (Å²) in [7, 11) is 0. The number of amides is 5. The molecule has 0 bridgehead atoms. The van der Waals surface area contributed by atoms with E-state index in [2.05, 4.69) is 34.7 Å². The molecule has 10 heteroatoms. The Morgan fingerprint density at radius 1 is 1.08 bits per heavy atom. The van der Waals surface area contributed by atoms with Crippen molar-refractivity contribution in [1.29, 1.82) is 0 Å². The van der Waals surface area contributed by atoms with Crippen LogP contribution in [0.1, 0.15) is 43.4 Å². The fraction of sp³-hybridized carbons (Fsp3) is 0.448. The fourth-order valence-corrected chi connectivity index (χ4v) is 6.14. The summed E-state index contributed by atoms with van der Waals surface area (Å²) >= 11 is 0. The molecule has 0 radical (unpaired) electrons. The lowest BCUT2D eigenvalue weighted by atomic mass is 9.98. The number of para-hydroxylation sites is 1. The molecular weight excluding hydrogens is 494 g/mol. The Hall–Kier alpha value is -4.08. The van der Waals surface area contributed by atoms with Crippen molar-refractivity contribution >= 4 is 34.6 Å². The third-order valence-electron chi connectivity index (χ3n) is 8.15. The number of piperidine rings is 1. The molecule has 204 valence electrons. The summed E-state index contributed by atoms with van der Waals surface area (Å²) in [4.78, 5) is 45.3. The molecule has 3 aromatic rings. The molecule has 1 aromatic heterocycles. The van der Waals surface area contributed by atoms with Gasteiger partial charge in [0.2, 0.25) is 5.91 Å². The lowest BCUT2D eigenvalue weighted by Gasteiger charge is -2.40. The number of hydrogen-bond acceptors (Lipinski definition) is 4. The summed E-state index contributed by atoms with van der Waals surface area (Å²) in [6.45, 7) is 6.94. The predicted molar refractivity (Wildman–Crippen MR) is 148 cm³/mol. The predicted octanol–water partition coefficient (Wildman–Crippen LogP) is 3.69. The van der Waals surface area contributed by atoms with Gasteiger partial charge in [-0.1, -0.05) is 38.1 Å². The highest BCUT2D eigenvalue weighted by Gasteiger charge is 2.36. The SMILES string of the molecule is CC(C)CN1Cc2c(ccc3[nH]ncc23)CC(NC(=O)N2CCC(N3Cc4ccccc4NC3=O)CC2)C1=O. The number of likely N-dealkylation sites (tertiary alicyclic amines) is 1. The largest absolute Gasteiger partial charge is 0.336 e. The number of rotatable bonds is 4. The van der Waals surface area contributed by atoms with Crippen molar-refractivity contribution in [2.24, 2.45) is 5.92 Å². The van der Waals surface area contributed by atoms with Crippen LogP contribution in [0.2, 0.25) is 0 Å². The Morgan fingerprint density at radius 2 is 1.87 bits per heavy atom. The minimum Gasteiger partial charge on any atom is -0.336 e. The first-order valence-electron chi connectivity index (χ1n) is 13.8. The van der Waals surface area contributed by atoms with Gasteiger partial charge >= 0.3 is 12.1 Å². The number of aromatic nitrogens is 2. The van der Waals surface area contributed by atoms with E-state index in [4.69, 9.17) is 0 Å². The molecular formula is C29H35N7O3. The third kappa shape index (κ3) is 4.91. The molecule has 1 atom stereocenters. The number of urea groups is 2. The van der Waals surface area contributed by atoms with Crippen molar-refractivity contribution in [3.05, 3.63) is 59.3 Å². The second kappa shape index (κ2) is 10.2. The number of fused-ring (bicyclic) bond motifs is 4.